The summed E-state index contributed by atoms with van der Waals surface area (Å²) in [6.07, 6.45) is 0. The molecule has 7 nitrogen and oxygen atoms in total. The van der Waals surface area contributed by atoms with Crippen molar-refractivity contribution in [3.8, 4) is 11.5 Å². The minimum Gasteiger partial charge on any atom is -0.454 e. The lowest BCUT2D eigenvalue weighted by molar-refractivity contribution is 0.103. The number of anilines is 1. The Labute approximate surface area is 126 Å². The predicted molar refractivity (Wildman–Crippen MR) is 78.3 cm³/mol. The predicted octanol–water partition coefficient (Wildman–Crippen LogP) is 2.44. The average molecular weight is 320 g/mol. The maximum atomic E-state index is 12.1. The van der Waals surface area contributed by atoms with Crippen LogP contribution < -0.4 is 14.8 Å². The monoisotopic (exact) mass is 320 g/mol. The SMILES string of the molecule is Cc1nnsc1C(=O)Nc1nc2cc3c(cc2s1)OCO3. The zero-order valence-corrected chi connectivity index (χ0v) is 12.4. The zero-order valence-electron chi connectivity index (χ0n) is 10.7. The van der Waals surface area contributed by atoms with E-state index in [1.807, 2.05) is 12.1 Å². The number of hydrogen-bond acceptors (Lipinski definition) is 8. The maximum Gasteiger partial charge on any atom is 0.271 e. The third-order valence-electron chi connectivity index (χ3n) is 2.96. The molecule has 0 bridgehead atoms. The van der Waals surface area contributed by atoms with Crippen molar-refractivity contribution in [2.75, 3.05) is 12.1 Å². The molecule has 0 radical (unpaired) electrons. The van der Waals surface area contributed by atoms with Crippen molar-refractivity contribution in [1.82, 2.24) is 14.6 Å². The van der Waals surface area contributed by atoms with Gasteiger partial charge in [0.05, 0.1) is 15.9 Å². The highest BCUT2D eigenvalue weighted by molar-refractivity contribution is 7.22. The molecule has 0 atom stereocenters. The number of aryl methyl sites for hydroxylation is 1. The molecule has 106 valence electrons. The molecular weight excluding hydrogens is 312 g/mol. The summed E-state index contributed by atoms with van der Waals surface area (Å²) in [5.74, 6) is 1.13. The number of carbonyl (C=O) groups excluding carboxylic acids is 1. The van der Waals surface area contributed by atoms with Gasteiger partial charge in [-0.2, -0.15) is 0 Å². The van der Waals surface area contributed by atoms with Crippen molar-refractivity contribution < 1.29 is 14.3 Å². The van der Waals surface area contributed by atoms with Crippen LogP contribution in [0.5, 0.6) is 11.5 Å². The molecule has 1 aliphatic heterocycles. The third kappa shape index (κ3) is 2.10. The Kier molecular flexibility index (Phi) is 2.76. The number of nitrogens with one attached hydrogen (secondary N) is 1. The molecule has 9 heteroatoms. The molecule has 0 saturated heterocycles. The maximum absolute atomic E-state index is 12.1. The van der Waals surface area contributed by atoms with Crippen LogP contribution in [0.2, 0.25) is 0 Å². The van der Waals surface area contributed by atoms with Gasteiger partial charge in [0, 0.05) is 12.1 Å². The van der Waals surface area contributed by atoms with Crippen molar-refractivity contribution >= 4 is 44.1 Å². The number of nitrogens with zero attached hydrogens (tertiary/aromatic N) is 3. The summed E-state index contributed by atoms with van der Waals surface area (Å²) in [6.45, 7) is 1.98. The van der Waals surface area contributed by atoms with Crippen LogP contribution in [0.25, 0.3) is 10.2 Å². The number of hydrogen-bond donors (Lipinski definition) is 1. The molecule has 0 unspecified atom stereocenters. The van der Waals surface area contributed by atoms with Gasteiger partial charge >= 0.3 is 0 Å². The third-order valence-corrected chi connectivity index (χ3v) is 4.72. The summed E-state index contributed by atoms with van der Waals surface area (Å²) in [5, 5.41) is 7.11. The number of ether oxygens (including phenoxy) is 2. The van der Waals surface area contributed by atoms with E-state index in [0.29, 0.717) is 27.2 Å². The molecule has 3 aromatic rings. The fourth-order valence-electron chi connectivity index (χ4n) is 1.97. The second-order valence-corrected chi connectivity index (χ2v) is 6.12. The number of amides is 1. The molecule has 4 rings (SSSR count). The molecule has 2 aromatic heterocycles. The lowest BCUT2D eigenvalue weighted by Gasteiger charge is -1.97. The van der Waals surface area contributed by atoms with Crippen LogP contribution in [0.1, 0.15) is 15.4 Å². The first-order valence-electron chi connectivity index (χ1n) is 6.01. The van der Waals surface area contributed by atoms with E-state index in [0.717, 1.165) is 21.7 Å². The Morgan fingerprint density at radius 3 is 2.90 bits per heavy atom. The van der Waals surface area contributed by atoms with E-state index in [1.54, 1.807) is 6.92 Å². The molecular formula is C12H8N4O3S2. The number of thiazole rings is 1. The van der Waals surface area contributed by atoms with E-state index in [-0.39, 0.29) is 12.7 Å². The summed E-state index contributed by atoms with van der Waals surface area (Å²) in [6, 6.07) is 3.67. The van der Waals surface area contributed by atoms with Gasteiger partial charge in [-0.05, 0) is 18.5 Å². The summed E-state index contributed by atoms with van der Waals surface area (Å²) in [4.78, 5) is 17.0. The highest BCUT2D eigenvalue weighted by Crippen LogP contribution is 2.39. The van der Waals surface area contributed by atoms with Gasteiger partial charge in [-0.25, -0.2) is 4.98 Å². The molecule has 1 N–H and O–H groups in total. The molecule has 1 aliphatic rings. The van der Waals surface area contributed by atoms with Crippen molar-refractivity contribution in [3.05, 3.63) is 22.7 Å². The van der Waals surface area contributed by atoms with E-state index in [2.05, 4.69) is 19.9 Å². The second kappa shape index (κ2) is 4.64. The Morgan fingerprint density at radius 1 is 1.33 bits per heavy atom. The largest absolute Gasteiger partial charge is 0.454 e. The van der Waals surface area contributed by atoms with E-state index >= 15 is 0 Å². The van der Waals surface area contributed by atoms with Crippen LogP contribution >= 0.6 is 22.9 Å². The highest BCUT2D eigenvalue weighted by atomic mass is 32.1. The van der Waals surface area contributed by atoms with E-state index in [9.17, 15) is 4.79 Å². The summed E-state index contributed by atoms with van der Waals surface area (Å²) >= 11 is 2.45. The van der Waals surface area contributed by atoms with Gasteiger partial charge in [-0.15, -0.1) is 5.10 Å². The Hall–Kier alpha value is -2.26. The normalized spacial score (nSPS) is 12.8. The van der Waals surface area contributed by atoms with Crippen LogP contribution in [-0.2, 0) is 0 Å². The Morgan fingerprint density at radius 2 is 2.14 bits per heavy atom. The lowest BCUT2D eigenvalue weighted by Crippen LogP contribution is -2.11. The minimum atomic E-state index is -0.249. The first-order valence-corrected chi connectivity index (χ1v) is 7.60. The number of rotatable bonds is 2. The standard InChI is InChI=1S/C12H8N4O3S2/c1-5-10(21-16-15-5)11(17)14-12-13-6-2-7-8(19-4-18-7)3-9(6)20-12/h2-3H,4H2,1H3,(H,13,14,17). The molecule has 3 heterocycles. The van der Waals surface area contributed by atoms with Gasteiger partial charge in [0.15, 0.2) is 16.6 Å². The molecule has 0 spiro atoms. The van der Waals surface area contributed by atoms with Crippen molar-refractivity contribution in [2.45, 2.75) is 6.92 Å². The number of fused-ring (bicyclic) bond motifs is 2. The quantitative estimate of drug-likeness (QED) is 0.780. The second-order valence-electron chi connectivity index (χ2n) is 4.33. The average Bonchev–Trinajstić information content (AvgIpc) is 3.13. The molecule has 1 aromatic carbocycles. The molecule has 21 heavy (non-hydrogen) atoms. The van der Waals surface area contributed by atoms with Crippen LogP contribution in [0.3, 0.4) is 0 Å². The van der Waals surface area contributed by atoms with Gasteiger partial charge < -0.3 is 9.47 Å². The highest BCUT2D eigenvalue weighted by Gasteiger charge is 2.18. The van der Waals surface area contributed by atoms with Crippen molar-refractivity contribution in [2.24, 2.45) is 0 Å². The van der Waals surface area contributed by atoms with Gasteiger partial charge in [-0.1, -0.05) is 15.8 Å². The smallest absolute Gasteiger partial charge is 0.271 e. The first kappa shape index (κ1) is 12.5. The van der Waals surface area contributed by atoms with E-state index < -0.39 is 0 Å². The summed E-state index contributed by atoms with van der Waals surface area (Å²) < 4.78 is 15.3. The molecule has 1 amide bonds. The van der Waals surface area contributed by atoms with Crippen molar-refractivity contribution in [1.29, 1.82) is 0 Å². The summed E-state index contributed by atoms with van der Waals surface area (Å²) in [7, 11) is 0. The number of aromatic nitrogens is 3. The van der Waals surface area contributed by atoms with Crippen LogP contribution in [0, 0.1) is 6.92 Å². The zero-order chi connectivity index (χ0) is 14.4. The van der Waals surface area contributed by atoms with Gasteiger partial charge in [-0.3, -0.25) is 10.1 Å². The first-order chi connectivity index (χ1) is 10.2. The van der Waals surface area contributed by atoms with E-state index in [4.69, 9.17) is 9.47 Å². The van der Waals surface area contributed by atoms with Crippen LogP contribution in [0.4, 0.5) is 5.13 Å². The fourth-order valence-corrected chi connectivity index (χ4v) is 3.39. The number of carbonyl (C=O) groups is 1. The van der Waals surface area contributed by atoms with Crippen molar-refractivity contribution in [3.63, 3.8) is 0 Å². The number of benzene rings is 1. The fraction of sp³-hybridized carbons (Fsp3) is 0.167. The van der Waals surface area contributed by atoms with Gasteiger partial charge in [0.25, 0.3) is 5.91 Å². The summed E-state index contributed by atoms with van der Waals surface area (Å²) in [5.41, 5.74) is 1.37. The minimum absolute atomic E-state index is 0.230. The Balaban J connectivity index is 1.65. The van der Waals surface area contributed by atoms with Crippen LogP contribution in [0.15, 0.2) is 12.1 Å². The van der Waals surface area contributed by atoms with E-state index in [1.165, 1.54) is 11.3 Å². The van der Waals surface area contributed by atoms with Crippen LogP contribution in [-0.4, -0.2) is 27.3 Å². The van der Waals surface area contributed by atoms with Gasteiger partial charge in [0.2, 0.25) is 6.79 Å². The molecule has 0 saturated carbocycles. The lowest BCUT2D eigenvalue weighted by atomic mass is 10.3. The molecule has 0 fully saturated rings. The molecule has 0 aliphatic carbocycles. The Bertz CT molecular complexity index is 816. The van der Waals surface area contributed by atoms with Gasteiger partial charge in [0.1, 0.15) is 4.88 Å². The topological polar surface area (TPSA) is 86.2 Å².